The molecule has 3 nitrogen and oxygen atoms in total. The number of rotatable bonds is 5. The van der Waals surface area contributed by atoms with Crippen molar-refractivity contribution >= 4 is 43.5 Å². The van der Waals surface area contributed by atoms with Crippen molar-refractivity contribution in [2.45, 2.75) is 0 Å². The molecule has 0 saturated heterocycles. The van der Waals surface area contributed by atoms with E-state index in [9.17, 15) is 0 Å². The standard InChI is InChI=1S/C48H30N2O/c1-2-12-31(13-3-1)36-27-37(40-20-11-22-43-42-19-8-9-23-46(42)51-47(40)43)29-38(28-36)44-30-45(41-21-10-17-33-15-6-7-18-39(33)41)50-48(49-44)35-25-24-32-14-4-5-16-34(32)26-35/h1-30H. The average Bonchev–Trinajstić information content (AvgIpc) is 3.59. The number of para-hydroxylation sites is 2. The van der Waals surface area contributed by atoms with E-state index in [2.05, 4.69) is 170 Å². The molecule has 8 aromatic carbocycles. The second-order valence-corrected chi connectivity index (χ2v) is 13.0. The molecule has 0 fully saturated rings. The number of fused-ring (bicyclic) bond motifs is 5. The van der Waals surface area contributed by atoms with E-state index in [0.29, 0.717) is 5.82 Å². The minimum absolute atomic E-state index is 0.687. The Morgan fingerprint density at radius 2 is 0.980 bits per heavy atom. The van der Waals surface area contributed by atoms with Crippen LogP contribution in [0.4, 0.5) is 0 Å². The zero-order chi connectivity index (χ0) is 33.7. The summed E-state index contributed by atoms with van der Waals surface area (Å²) >= 11 is 0. The number of nitrogens with zero attached hydrogens (tertiary/aromatic N) is 2. The van der Waals surface area contributed by atoms with Crippen LogP contribution in [0.1, 0.15) is 0 Å². The van der Waals surface area contributed by atoms with Crippen LogP contribution in [0.2, 0.25) is 0 Å². The average molecular weight is 651 g/mol. The van der Waals surface area contributed by atoms with Crippen molar-refractivity contribution in [1.82, 2.24) is 9.97 Å². The molecule has 51 heavy (non-hydrogen) atoms. The molecule has 0 radical (unpaired) electrons. The van der Waals surface area contributed by atoms with Gasteiger partial charge in [0.1, 0.15) is 11.2 Å². The Hall–Kier alpha value is -6.84. The molecule has 238 valence electrons. The maximum absolute atomic E-state index is 6.53. The summed E-state index contributed by atoms with van der Waals surface area (Å²) in [5.74, 6) is 0.687. The van der Waals surface area contributed by atoms with Crippen LogP contribution < -0.4 is 0 Å². The third kappa shape index (κ3) is 5.15. The summed E-state index contributed by atoms with van der Waals surface area (Å²) in [6.07, 6.45) is 0. The summed E-state index contributed by atoms with van der Waals surface area (Å²) in [6.45, 7) is 0. The fraction of sp³-hybridized carbons (Fsp3) is 0. The Bertz CT molecular complexity index is 2920. The van der Waals surface area contributed by atoms with Crippen LogP contribution in [-0.2, 0) is 0 Å². The highest BCUT2D eigenvalue weighted by Crippen LogP contribution is 2.40. The van der Waals surface area contributed by atoms with Crippen molar-refractivity contribution < 1.29 is 4.42 Å². The molecule has 0 unspecified atom stereocenters. The second-order valence-electron chi connectivity index (χ2n) is 13.0. The SMILES string of the molecule is c1ccc(-c2cc(-c3cc(-c4cccc5ccccc45)nc(-c4ccc5ccccc5c4)n3)cc(-c3cccc4c3oc3ccccc34)c2)cc1. The fourth-order valence-electron chi connectivity index (χ4n) is 7.34. The zero-order valence-corrected chi connectivity index (χ0v) is 27.6. The number of furan rings is 1. The normalized spacial score (nSPS) is 11.5. The third-order valence-corrected chi connectivity index (χ3v) is 9.85. The molecular weight excluding hydrogens is 621 g/mol. The quantitative estimate of drug-likeness (QED) is 0.186. The Balaban J connectivity index is 1.24. The lowest BCUT2D eigenvalue weighted by Gasteiger charge is -2.14. The van der Waals surface area contributed by atoms with E-state index in [-0.39, 0.29) is 0 Å². The second kappa shape index (κ2) is 11.9. The zero-order valence-electron chi connectivity index (χ0n) is 27.6. The van der Waals surface area contributed by atoms with Crippen LogP contribution in [0.5, 0.6) is 0 Å². The lowest BCUT2D eigenvalue weighted by Crippen LogP contribution is -1.97. The molecule has 0 bridgehead atoms. The van der Waals surface area contributed by atoms with Gasteiger partial charge in [-0.15, -0.1) is 0 Å². The highest BCUT2D eigenvalue weighted by molar-refractivity contribution is 6.10. The maximum Gasteiger partial charge on any atom is 0.160 e. The highest BCUT2D eigenvalue weighted by Gasteiger charge is 2.17. The van der Waals surface area contributed by atoms with Gasteiger partial charge >= 0.3 is 0 Å². The Labute approximate surface area is 295 Å². The first-order chi connectivity index (χ1) is 25.2. The van der Waals surface area contributed by atoms with E-state index in [1.54, 1.807) is 0 Å². The van der Waals surface area contributed by atoms with Crippen LogP contribution in [0.3, 0.4) is 0 Å². The third-order valence-electron chi connectivity index (χ3n) is 9.85. The van der Waals surface area contributed by atoms with Gasteiger partial charge in [0.25, 0.3) is 0 Å². The summed E-state index contributed by atoms with van der Waals surface area (Å²) in [7, 11) is 0. The summed E-state index contributed by atoms with van der Waals surface area (Å²) < 4.78 is 6.53. The summed E-state index contributed by atoms with van der Waals surface area (Å²) in [5.41, 5.74) is 10.9. The van der Waals surface area contributed by atoms with E-state index in [4.69, 9.17) is 14.4 Å². The molecule has 0 aliphatic carbocycles. The van der Waals surface area contributed by atoms with Gasteiger partial charge < -0.3 is 4.42 Å². The van der Waals surface area contributed by atoms with Crippen molar-refractivity contribution in [3.63, 3.8) is 0 Å². The topological polar surface area (TPSA) is 38.9 Å². The van der Waals surface area contributed by atoms with Gasteiger partial charge in [-0.2, -0.15) is 0 Å². The highest BCUT2D eigenvalue weighted by atomic mass is 16.3. The Morgan fingerprint density at radius 1 is 0.333 bits per heavy atom. The molecule has 0 N–H and O–H groups in total. The maximum atomic E-state index is 6.53. The molecule has 2 aromatic heterocycles. The minimum atomic E-state index is 0.687. The first-order valence-corrected chi connectivity index (χ1v) is 17.2. The Kier molecular flexibility index (Phi) is 6.81. The van der Waals surface area contributed by atoms with E-state index < -0.39 is 0 Å². The van der Waals surface area contributed by atoms with E-state index in [0.717, 1.165) is 83.0 Å². The van der Waals surface area contributed by atoms with Gasteiger partial charge in [0.05, 0.1) is 11.4 Å². The van der Waals surface area contributed by atoms with Gasteiger partial charge in [-0.3, -0.25) is 0 Å². The van der Waals surface area contributed by atoms with Crippen molar-refractivity contribution in [3.8, 4) is 56.2 Å². The van der Waals surface area contributed by atoms with Crippen molar-refractivity contribution in [2.75, 3.05) is 0 Å². The molecule has 0 saturated carbocycles. The first kappa shape index (κ1) is 29.1. The molecule has 0 atom stereocenters. The number of benzene rings is 8. The lowest BCUT2D eigenvalue weighted by molar-refractivity contribution is 0.670. The minimum Gasteiger partial charge on any atom is -0.455 e. The lowest BCUT2D eigenvalue weighted by atomic mass is 9.93. The van der Waals surface area contributed by atoms with Crippen LogP contribution >= 0.6 is 0 Å². The molecule has 10 rings (SSSR count). The van der Waals surface area contributed by atoms with E-state index >= 15 is 0 Å². The first-order valence-electron chi connectivity index (χ1n) is 17.2. The summed E-state index contributed by atoms with van der Waals surface area (Å²) in [5, 5.41) is 6.90. The number of hydrogen-bond donors (Lipinski definition) is 0. The molecule has 0 amide bonds. The van der Waals surface area contributed by atoms with Gasteiger partial charge in [0.15, 0.2) is 5.82 Å². The molecule has 0 aliphatic rings. The van der Waals surface area contributed by atoms with Crippen LogP contribution in [-0.4, -0.2) is 9.97 Å². The predicted molar refractivity (Wildman–Crippen MR) is 212 cm³/mol. The molecule has 3 heteroatoms. The number of hydrogen-bond acceptors (Lipinski definition) is 3. The van der Waals surface area contributed by atoms with Gasteiger partial charge in [0, 0.05) is 33.0 Å². The predicted octanol–water partition coefficient (Wildman–Crippen LogP) is 13.0. The smallest absolute Gasteiger partial charge is 0.160 e. The fourth-order valence-corrected chi connectivity index (χ4v) is 7.34. The number of aromatic nitrogens is 2. The molecule has 0 aliphatic heterocycles. The van der Waals surface area contributed by atoms with Gasteiger partial charge in [-0.1, -0.05) is 146 Å². The Morgan fingerprint density at radius 3 is 1.88 bits per heavy atom. The molecule has 10 aromatic rings. The summed E-state index contributed by atoms with van der Waals surface area (Å²) in [4.78, 5) is 10.6. The monoisotopic (exact) mass is 650 g/mol. The molecular formula is C48H30N2O. The van der Waals surface area contributed by atoms with Crippen LogP contribution in [0.25, 0.3) is 99.6 Å². The van der Waals surface area contributed by atoms with Crippen molar-refractivity contribution in [2.24, 2.45) is 0 Å². The van der Waals surface area contributed by atoms with Gasteiger partial charge in [-0.05, 0) is 74.6 Å². The van der Waals surface area contributed by atoms with Gasteiger partial charge in [-0.25, -0.2) is 9.97 Å². The largest absolute Gasteiger partial charge is 0.455 e. The van der Waals surface area contributed by atoms with E-state index in [1.807, 2.05) is 12.1 Å². The molecule has 0 spiro atoms. The summed E-state index contributed by atoms with van der Waals surface area (Å²) in [6, 6.07) is 63.9. The van der Waals surface area contributed by atoms with Crippen LogP contribution in [0, 0.1) is 0 Å². The van der Waals surface area contributed by atoms with Crippen molar-refractivity contribution in [1.29, 1.82) is 0 Å². The van der Waals surface area contributed by atoms with Crippen LogP contribution in [0.15, 0.2) is 186 Å². The van der Waals surface area contributed by atoms with E-state index in [1.165, 1.54) is 10.8 Å². The van der Waals surface area contributed by atoms with Gasteiger partial charge in [0.2, 0.25) is 0 Å². The molecule has 2 heterocycles. The van der Waals surface area contributed by atoms with Crippen molar-refractivity contribution in [3.05, 3.63) is 182 Å².